The largest absolute Gasteiger partial charge is 0.495 e. The van der Waals surface area contributed by atoms with Gasteiger partial charge in [0.05, 0.1) is 30.5 Å². The van der Waals surface area contributed by atoms with Crippen molar-refractivity contribution in [3.05, 3.63) is 47.0 Å². The summed E-state index contributed by atoms with van der Waals surface area (Å²) >= 11 is 7.58. The zero-order chi connectivity index (χ0) is 16.1. The van der Waals surface area contributed by atoms with Crippen LogP contribution in [0.1, 0.15) is 10.4 Å². The van der Waals surface area contributed by atoms with Crippen molar-refractivity contribution in [2.45, 2.75) is 4.90 Å². The van der Waals surface area contributed by atoms with Gasteiger partial charge < -0.3 is 14.8 Å². The Morgan fingerprint density at radius 1 is 1.14 bits per heavy atom. The molecule has 0 atom stereocenters. The number of carbonyl (C=O) groups is 1. The number of thioether (sulfide) groups is 1. The highest BCUT2D eigenvalue weighted by atomic mass is 35.5. The van der Waals surface area contributed by atoms with Crippen LogP contribution in [0, 0.1) is 0 Å². The first-order chi connectivity index (χ1) is 10.6. The summed E-state index contributed by atoms with van der Waals surface area (Å²) in [5.41, 5.74) is 1.11. The van der Waals surface area contributed by atoms with Gasteiger partial charge in [0.2, 0.25) is 0 Å². The molecule has 0 spiro atoms. The summed E-state index contributed by atoms with van der Waals surface area (Å²) in [5.74, 6) is 0.726. The second kappa shape index (κ2) is 7.42. The number of methoxy groups -OCH3 is 2. The van der Waals surface area contributed by atoms with Gasteiger partial charge in [-0.3, -0.25) is 4.79 Å². The van der Waals surface area contributed by atoms with Gasteiger partial charge >= 0.3 is 0 Å². The van der Waals surface area contributed by atoms with Crippen molar-refractivity contribution in [3.8, 4) is 11.5 Å². The molecule has 1 amide bonds. The maximum Gasteiger partial charge on any atom is 0.256 e. The van der Waals surface area contributed by atoms with Gasteiger partial charge in [-0.05, 0) is 18.4 Å². The maximum atomic E-state index is 12.5. The van der Waals surface area contributed by atoms with Crippen molar-refractivity contribution in [1.29, 1.82) is 0 Å². The van der Waals surface area contributed by atoms with Crippen LogP contribution in [0.15, 0.2) is 41.3 Å². The van der Waals surface area contributed by atoms with E-state index in [9.17, 15) is 4.79 Å². The van der Waals surface area contributed by atoms with Gasteiger partial charge in [-0.1, -0.05) is 23.7 Å². The lowest BCUT2D eigenvalue weighted by molar-refractivity contribution is 0.102. The monoisotopic (exact) mass is 337 g/mol. The molecule has 0 aliphatic rings. The van der Waals surface area contributed by atoms with Crippen molar-refractivity contribution in [3.63, 3.8) is 0 Å². The number of carbonyl (C=O) groups excluding carboxylic acids is 1. The van der Waals surface area contributed by atoms with E-state index in [1.54, 1.807) is 18.2 Å². The van der Waals surface area contributed by atoms with Gasteiger partial charge in [-0.15, -0.1) is 11.8 Å². The van der Waals surface area contributed by atoms with Gasteiger partial charge in [-0.2, -0.15) is 0 Å². The molecule has 0 aliphatic carbocycles. The first-order valence-electron chi connectivity index (χ1n) is 6.46. The van der Waals surface area contributed by atoms with Crippen LogP contribution in [0.3, 0.4) is 0 Å². The van der Waals surface area contributed by atoms with Gasteiger partial charge in [0, 0.05) is 17.0 Å². The van der Waals surface area contributed by atoms with Crippen LogP contribution < -0.4 is 14.8 Å². The molecular weight excluding hydrogens is 322 g/mol. The fourth-order valence-electron chi connectivity index (χ4n) is 1.98. The molecule has 0 heterocycles. The number of anilines is 1. The molecule has 2 aromatic carbocycles. The number of nitrogens with one attached hydrogen (secondary N) is 1. The van der Waals surface area contributed by atoms with Gasteiger partial charge in [0.15, 0.2) is 0 Å². The molecule has 116 valence electrons. The van der Waals surface area contributed by atoms with E-state index in [1.165, 1.54) is 26.0 Å². The Bertz CT molecular complexity index is 691. The Hall–Kier alpha value is -1.85. The number of hydrogen-bond donors (Lipinski definition) is 1. The molecule has 4 nitrogen and oxygen atoms in total. The van der Waals surface area contributed by atoms with E-state index in [0.29, 0.717) is 27.8 Å². The van der Waals surface area contributed by atoms with E-state index in [4.69, 9.17) is 21.1 Å². The predicted molar refractivity (Wildman–Crippen MR) is 90.7 cm³/mol. The zero-order valence-electron chi connectivity index (χ0n) is 12.5. The first kappa shape index (κ1) is 16.5. The molecule has 0 saturated carbocycles. The van der Waals surface area contributed by atoms with Crippen molar-refractivity contribution in [2.75, 3.05) is 25.8 Å². The molecule has 0 aliphatic heterocycles. The summed E-state index contributed by atoms with van der Waals surface area (Å²) in [6.07, 6.45) is 1.93. The predicted octanol–water partition coefficient (Wildman–Crippen LogP) is 4.33. The van der Waals surface area contributed by atoms with Crippen LogP contribution in [0.2, 0.25) is 5.02 Å². The average Bonchev–Trinajstić information content (AvgIpc) is 2.55. The highest BCUT2D eigenvalue weighted by Crippen LogP contribution is 2.36. The molecule has 2 rings (SSSR count). The second-order valence-electron chi connectivity index (χ2n) is 4.34. The van der Waals surface area contributed by atoms with Crippen LogP contribution in [0.25, 0.3) is 0 Å². The third kappa shape index (κ3) is 3.48. The van der Waals surface area contributed by atoms with Crippen molar-refractivity contribution >= 4 is 35.0 Å². The first-order valence-corrected chi connectivity index (χ1v) is 8.06. The number of halogens is 1. The van der Waals surface area contributed by atoms with E-state index < -0.39 is 0 Å². The molecule has 0 bridgehead atoms. The van der Waals surface area contributed by atoms with Crippen molar-refractivity contribution in [1.82, 2.24) is 0 Å². The number of amides is 1. The van der Waals surface area contributed by atoms with Crippen molar-refractivity contribution in [2.24, 2.45) is 0 Å². The van der Waals surface area contributed by atoms with E-state index in [1.807, 2.05) is 24.5 Å². The molecule has 1 N–H and O–H groups in total. The highest BCUT2D eigenvalue weighted by Gasteiger charge is 2.15. The highest BCUT2D eigenvalue weighted by molar-refractivity contribution is 7.98. The maximum absolute atomic E-state index is 12.5. The molecule has 0 saturated heterocycles. The SMILES string of the molecule is COc1cc(NC(=O)c2ccccc2SC)c(OC)cc1Cl. The number of rotatable bonds is 5. The molecule has 0 radical (unpaired) electrons. The van der Waals surface area contributed by atoms with Crippen LogP contribution in [0.4, 0.5) is 5.69 Å². The van der Waals surface area contributed by atoms with Gasteiger partial charge in [0.1, 0.15) is 11.5 Å². The molecule has 0 unspecified atom stereocenters. The van der Waals surface area contributed by atoms with E-state index in [0.717, 1.165) is 4.90 Å². The second-order valence-corrected chi connectivity index (χ2v) is 5.60. The molecule has 2 aromatic rings. The number of ether oxygens (including phenoxy) is 2. The summed E-state index contributed by atoms with van der Waals surface area (Å²) in [6, 6.07) is 10.7. The molecule has 22 heavy (non-hydrogen) atoms. The number of hydrogen-bond acceptors (Lipinski definition) is 4. The van der Waals surface area contributed by atoms with Crippen LogP contribution >= 0.6 is 23.4 Å². The van der Waals surface area contributed by atoms with Crippen molar-refractivity contribution < 1.29 is 14.3 Å². The smallest absolute Gasteiger partial charge is 0.256 e. The topological polar surface area (TPSA) is 47.6 Å². The van der Waals surface area contributed by atoms with E-state index in [2.05, 4.69) is 5.32 Å². The Morgan fingerprint density at radius 3 is 2.45 bits per heavy atom. The quantitative estimate of drug-likeness (QED) is 0.825. The molecule has 0 aromatic heterocycles. The molecule has 6 heteroatoms. The Labute approximate surface area is 138 Å². The molecule has 0 fully saturated rings. The third-order valence-electron chi connectivity index (χ3n) is 3.07. The minimum absolute atomic E-state index is 0.215. The van der Waals surface area contributed by atoms with Crippen LogP contribution in [-0.2, 0) is 0 Å². The number of benzene rings is 2. The third-order valence-corrected chi connectivity index (χ3v) is 4.16. The summed E-state index contributed by atoms with van der Waals surface area (Å²) in [7, 11) is 3.03. The van der Waals surface area contributed by atoms with E-state index >= 15 is 0 Å². The Kier molecular flexibility index (Phi) is 5.57. The lowest BCUT2D eigenvalue weighted by atomic mass is 10.2. The normalized spacial score (nSPS) is 10.2. The Morgan fingerprint density at radius 2 is 1.82 bits per heavy atom. The van der Waals surface area contributed by atoms with E-state index in [-0.39, 0.29) is 5.91 Å². The fourth-order valence-corrected chi connectivity index (χ4v) is 2.81. The summed E-state index contributed by atoms with van der Waals surface area (Å²) in [6.45, 7) is 0. The lowest BCUT2D eigenvalue weighted by Crippen LogP contribution is -2.13. The van der Waals surface area contributed by atoms with Gasteiger partial charge in [-0.25, -0.2) is 0 Å². The van der Waals surface area contributed by atoms with Crippen LogP contribution in [0.5, 0.6) is 11.5 Å². The zero-order valence-corrected chi connectivity index (χ0v) is 14.0. The summed E-state index contributed by atoms with van der Waals surface area (Å²) < 4.78 is 10.4. The average molecular weight is 338 g/mol. The van der Waals surface area contributed by atoms with Crippen LogP contribution in [-0.4, -0.2) is 26.4 Å². The molecular formula is C16H16ClNO3S. The van der Waals surface area contributed by atoms with Gasteiger partial charge in [0.25, 0.3) is 5.91 Å². The minimum Gasteiger partial charge on any atom is -0.495 e. The minimum atomic E-state index is -0.215. The lowest BCUT2D eigenvalue weighted by Gasteiger charge is -2.14. The summed E-state index contributed by atoms with van der Waals surface area (Å²) in [5, 5.41) is 3.26. The Balaban J connectivity index is 2.35. The summed E-state index contributed by atoms with van der Waals surface area (Å²) in [4.78, 5) is 13.4. The standard InChI is InChI=1S/C16H16ClNO3S/c1-20-13-9-12(14(21-2)8-11(13)17)18-16(19)10-6-4-5-7-15(10)22-3/h4-9H,1-3H3,(H,18,19). The fraction of sp³-hybridized carbons (Fsp3) is 0.188.